The minimum absolute atomic E-state index is 0.160. The van der Waals surface area contributed by atoms with Gasteiger partial charge in [0.15, 0.2) is 0 Å². The first-order valence-corrected chi connectivity index (χ1v) is 49.2. The van der Waals surface area contributed by atoms with E-state index in [0.717, 1.165) is 145 Å². The fourth-order valence-corrected chi connectivity index (χ4v) is 18.5. The van der Waals surface area contributed by atoms with Crippen molar-refractivity contribution >= 4 is 92.7 Å². The minimum atomic E-state index is -0.187. The zero-order valence-corrected chi connectivity index (χ0v) is 88.4. The van der Waals surface area contributed by atoms with E-state index in [1.54, 1.807) is 0 Å². The monoisotopic (exact) mass is 1800 g/mol. The van der Waals surface area contributed by atoms with Crippen molar-refractivity contribution in [3.8, 4) is 90.4 Å². The van der Waals surface area contributed by atoms with Gasteiger partial charge in [0.2, 0.25) is 0 Å². The number of aromatic nitrogens is 8. The molecule has 0 aliphatic carbocycles. The number of H-pyrrole nitrogens is 4. The van der Waals surface area contributed by atoms with Crippen molar-refractivity contribution in [2.45, 2.75) is 314 Å². The third-order valence-electron chi connectivity index (χ3n) is 27.7. The second kappa shape index (κ2) is 33.8. The number of nitrogens with one attached hydrogen (secondary N) is 4. The summed E-state index contributed by atoms with van der Waals surface area (Å²) >= 11 is 0. The largest absolute Gasteiger partial charge is 0.354 e. The summed E-state index contributed by atoms with van der Waals surface area (Å²) in [6, 6.07) is 61.0. The fourth-order valence-electron chi connectivity index (χ4n) is 18.5. The lowest BCUT2D eigenvalue weighted by Gasteiger charge is -2.26. The molecule has 8 nitrogen and oxygen atoms in total. The zero-order chi connectivity index (χ0) is 98.8. The Morgan fingerprint density at radius 1 is 0.162 bits per heavy atom. The Kier molecular flexibility index (Phi) is 24.1. The number of hydrogen-bond acceptors (Lipinski definition) is 4. The third kappa shape index (κ3) is 19.9. The summed E-state index contributed by atoms with van der Waals surface area (Å²) < 4.78 is 0. The summed E-state index contributed by atoms with van der Waals surface area (Å²) in [7, 11) is 0. The molecule has 6 aromatic carbocycles. The van der Waals surface area contributed by atoms with Crippen LogP contribution in [0.3, 0.4) is 0 Å². The Hall–Kier alpha value is -12.4. The lowest BCUT2D eigenvalue weighted by atomic mass is 9.78. The maximum atomic E-state index is 5.96. The van der Waals surface area contributed by atoms with Crippen molar-refractivity contribution in [1.82, 2.24) is 39.9 Å². The quantitative estimate of drug-likeness (QED) is 0.124. The molecule has 16 bridgehead atoms. The lowest BCUT2D eigenvalue weighted by molar-refractivity contribution is 0.568. The van der Waals surface area contributed by atoms with Crippen LogP contribution in [0, 0.1) is 23.7 Å². The highest BCUT2D eigenvalue weighted by atomic mass is 14.8. The predicted octanol–water partition coefficient (Wildman–Crippen LogP) is 34.6. The summed E-state index contributed by atoms with van der Waals surface area (Å²) in [5.41, 5.74) is 40.1. The van der Waals surface area contributed by atoms with Crippen molar-refractivity contribution in [3.63, 3.8) is 0 Å². The van der Waals surface area contributed by atoms with Gasteiger partial charge in [0.05, 0.1) is 67.7 Å². The first-order valence-electron chi connectivity index (χ1n) is 49.2. The molecule has 0 fully saturated rings. The van der Waals surface area contributed by atoms with E-state index in [1.807, 2.05) is 0 Å². The second-order valence-electron chi connectivity index (χ2n) is 51.3. The van der Waals surface area contributed by atoms with Crippen molar-refractivity contribution < 1.29 is 0 Å². The van der Waals surface area contributed by atoms with Crippen LogP contribution in [-0.4, -0.2) is 39.9 Å². The number of aromatic amines is 4. The van der Waals surface area contributed by atoms with E-state index in [0.29, 0.717) is 22.5 Å². The van der Waals surface area contributed by atoms with Crippen LogP contribution >= 0.6 is 0 Å². The fraction of sp³-hybridized carbons (Fsp3) is 0.375. The standard InChI is InChI=1S/C128H146N8/c1-117(2,3)81-57-75(58-82(69-81)118(4,5)6)111-99-45-41-95(129-99)93(96-42-46-100(130-96)112(76-59-83(119(7,8)9)70-84(60-76)120(10,11)12)104-50-54-108(134-104)115(107-53-49-103(111)133-107)79-65-89(125(25,26)27)73-90(66-79)126(28,29)30)39-37-38-40-94-97-43-47-101(131-97)113(77-61-85(121(13,14)15)71-86(62-77)122(16,17)18)105-51-55-109(135-105)116(80-67-91(127(31,32)33)74-92(68-80)128(34,35)36)110-56-52-106(136-110)114(102-48-44-98(94)132-102)78-63-87(123(19,20)21)72-88(64-78)124(22,23)24/h41-74,129,131,134,136H,1-36H3. The van der Waals surface area contributed by atoms with Crippen LogP contribution in [0.1, 0.15) is 373 Å². The summed E-state index contributed by atoms with van der Waals surface area (Å²) in [5.74, 6) is 14.7. The van der Waals surface area contributed by atoms with E-state index in [1.165, 1.54) is 66.8 Å². The topological polar surface area (TPSA) is 115 Å². The maximum Gasteiger partial charge on any atom is 0.0815 e. The van der Waals surface area contributed by atoms with Crippen LogP contribution in [0.4, 0.5) is 0 Å². The van der Waals surface area contributed by atoms with Crippen molar-refractivity contribution in [1.29, 1.82) is 0 Å². The van der Waals surface area contributed by atoms with Gasteiger partial charge in [0, 0.05) is 66.5 Å². The van der Waals surface area contributed by atoms with Gasteiger partial charge in [-0.15, -0.1) is 0 Å². The Balaban J connectivity index is 1.04. The molecule has 136 heavy (non-hydrogen) atoms. The van der Waals surface area contributed by atoms with E-state index in [4.69, 9.17) is 19.9 Å². The molecule has 0 atom stereocenters. The van der Waals surface area contributed by atoms with Crippen LogP contribution in [0.15, 0.2) is 158 Å². The molecule has 8 heteroatoms. The van der Waals surface area contributed by atoms with Gasteiger partial charge >= 0.3 is 0 Å². The average Bonchev–Trinajstić information content (AvgIpc) is 1.61. The molecule has 4 N–H and O–H groups in total. The van der Waals surface area contributed by atoms with Gasteiger partial charge in [-0.3, -0.25) is 0 Å². The van der Waals surface area contributed by atoms with Gasteiger partial charge in [0.1, 0.15) is 0 Å². The van der Waals surface area contributed by atoms with Gasteiger partial charge in [-0.1, -0.05) is 358 Å². The van der Waals surface area contributed by atoms with Crippen LogP contribution in [-0.2, 0) is 65.0 Å². The molecule has 12 aromatic rings. The third-order valence-corrected chi connectivity index (χ3v) is 27.7. The van der Waals surface area contributed by atoms with E-state index in [2.05, 4.69) is 499 Å². The number of fused-ring (bicyclic) bond motifs is 16. The maximum absolute atomic E-state index is 5.96. The molecule has 10 heterocycles. The SMILES string of the molecule is CC(C)(C)c1cc(-c2c3nc(c(-c4cc(C(C)(C)C)cc(C(C)(C)C)c4)c4ccc([nH]4)c(-c4cc(C(C)(C)C)cc(C(C)(C)C)c4)c4nc(c(C#CC#Cc5c6nc(c(-c7cc(C(C)(C)C)cc(C(C)(C)C)c7)c7ccc([nH]7)c(-c7cc(C(C)(C)C)cc(C(C)(C)C)c7)c7nc(c(-c8cc(C(C)(C)C)cc(C(C)(C)C)c8)c8ccc5[nH]8)C=C7)C=C6)c5ccc2[nH]5)C=C4)C=C3)cc(C(C)(C)C)c1. The zero-order valence-electron chi connectivity index (χ0n) is 88.4. The Labute approximate surface area is 813 Å². The number of benzene rings is 6. The van der Waals surface area contributed by atoms with Gasteiger partial charge in [0.25, 0.3) is 0 Å². The first-order chi connectivity index (χ1) is 62.9. The molecule has 16 rings (SSSR count). The number of rotatable bonds is 6. The summed E-state index contributed by atoms with van der Waals surface area (Å²) in [5, 5.41) is 0. The minimum Gasteiger partial charge on any atom is -0.354 e. The van der Waals surface area contributed by atoms with Crippen molar-refractivity contribution in [2.75, 3.05) is 0 Å². The number of nitrogens with zero attached hydrogens (tertiary/aromatic N) is 4. The molecule has 4 aliphatic heterocycles. The van der Waals surface area contributed by atoms with E-state index in [-0.39, 0.29) is 65.0 Å². The molecule has 6 aromatic heterocycles. The molecule has 0 spiro atoms. The van der Waals surface area contributed by atoms with Gasteiger partial charge < -0.3 is 19.9 Å². The van der Waals surface area contributed by atoms with Crippen molar-refractivity contribution in [2.24, 2.45) is 0 Å². The van der Waals surface area contributed by atoms with E-state index in [9.17, 15) is 0 Å². The molecule has 0 saturated heterocycles. The smallest absolute Gasteiger partial charge is 0.0815 e. The van der Waals surface area contributed by atoms with Crippen LogP contribution < -0.4 is 0 Å². The van der Waals surface area contributed by atoms with Gasteiger partial charge in [-0.2, -0.15) is 0 Å². The normalized spacial score (nSPS) is 13.6. The van der Waals surface area contributed by atoms with Crippen LogP contribution in [0.2, 0.25) is 0 Å². The molecule has 0 amide bonds. The highest BCUT2D eigenvalue weighted by Crippen LogP contribution is 2.49. The molecular weight excluding hydrogens is 1650 g/mol. The summed E-state index contributed by atoms with van der Waals surface area (Å²) in [6.45, 7) is 83.4. The van der Waals surface area contributed by atoms with Crippen LogP contribution in [0.25, 0.3) is 160 Å². The summed E-state index contributed by atoms with van der Waals surface area (Å²) in [4.78, 5) is 40.2. The predicted molar refractivity (Wildman–Crippen MR) is 588 cm³/mol. The summed E-state index contributed by atoms with van der Waals surface area (Å²) in [6.07, 6.45) is 17.6. The molecule has 4 aliphatic rings. The second-order valence-corrected chi connectivity index (χ2v) is 51.3. The molecule has 0 radical (unpaired) electrons. The van der Waals surface area contributed by atoms with Crippen molar-refractivity contribution in [3.05, 3.63) is 281 Å². The molecule has 0 unspecified atom stereocenters. The highest BCUT2D eigenvalue weighted by Gasteiger charge is 2.33. The number of hydrogen-bond donors (Lipinski definition) is 4. The average molecular weight is 1800 g/mol. The van der Waals surface area contributed by atoms with Crippen LogP contribution in [0.5, 0.6) is 0 Å². The Morgan fingerprint density at radius 3 is 0.434 bits per heavy atom. The Morgan fingerprint density at radius 2 is 0.287 bits per heavy atom. The highest BCUT2D eigenvalue weighted by molar-refractivity contribution is 6.02. The molecule has 0 saturated carbocycles. The van der Waals surface area contributed by atoms with E-state index >= 15 is 0 Å². The molecular formula is C128H146N8. The van der Waals surface area contributed by atoms with E-state index < -0.39 is 0 Å². The van der Waals surface area contributed by atoms with Gasteiger partial charge in [-0.25, -0.2) is 19.9 Å². The Bertz CT molecular complexity index is 6750. The first kappa shape index (κ1) is 96.7. The molecule has 698 valence electrons. The van der Waals surface area contributed by atoms with Gasteiger partial charge in [-0.05, 0) is 286 Å². The lowest BCUT2D eigenvalue weighted by Crippen LogP contribution is -2.16.